The third-order valence-electron chi connectivity index (χ3n) is 9.73. The lowest BCUT2D eigenvalue weighted by molar-refractivity contribution is -0.133. The van der Waals surface area contributed by atoms with Crippen LogP contribution in [0.2, 0.25) is 0 Å². The molecule has 10 nitrogen and oxygen atoms in total. The number of aromatic nitrogens is 3. The molecule has 0 aromatic carbocycles. The number of methoxy groups -OCH3 is 1. The smallest absolute Gasteiger partial charge is 0.274 e. The number of pyridine rings is 1. The summed E-state index contributed by atoms with van der Waals surface area (Å²) in [5.74, 6) is -0.266. The van der Waals surface area contributed by atoms with E-state index in [2.05, 4.69) is 25.4 Å². The molecule has 2 spiro atoms. The first-order valence-electron chi connectivity index (χ1n) is 14.5. The van der Waals surface area contributed by atoms with Crippen LogP contribution in [0.1, 0.15) is 81.6 Å². The standard InChI is InChI=1S/C29H37FN6O4/c1-3-35-25(37)6-10-28(35)8-4-19(5-9-28)32-26(38)18-7-13-36(29(16-18)11-12-29)27(39)23-15-22(33-34-23)20-14-24(40-2)31-17-21(20)30/h14-15,17-19H,3-13,16H2,1-2H3,(H,32,38)(H,33,34)/t18-,19-,28+/m0/s1. The zero-order valence-electron chi connectivity index (χ0n) is 23.2. The molecule has 2 saturated carbocycles. The summed E-state index contributed by atoms with van der Waals surface area (Å²) < 4.78 is 19.5. The Morgan fingerprint density at radius 1 is 1.15 bits per heavy atom. The van der Waals surface area contributed by atoms with Crippen LogP contribution < -0.4 is 10.1 Å². The van der Waals surface area contributed by atoms with Crippen molar-refractivity contribution in [2.75, 3.05) is 20.2 Å². The van der Waals surface area contributed by atoms with E-state index in [1.54, 1.807) is 6.07 Å². The molecule has 2 aromatic rings. The van der Waals surface area contributed by atoms with Gasteiger partial charge in [0.1, 0.15) is 0 Å². The monoisotopic (exact) mass is 552 g/mol. The van der Waals surface area contributed by atoms with E-state index in [0.717, 1.165) is 57.7 Å². The second-order valence-electron chi connectivity index (χ2n) is 11.9. The van der Waals surface area contributed by atoms with Crippen molar-refractivity contribution >= 4 is 17.7 Å². The molecule has 3 amide bonds. The Morgan fingerprint density at radius 3 is 2.62 bits per heavy atom. The van der Waals surface area contributed by atoms with Gasteiger partial charge in [0, 0.05) is 54.2 Å². The largest absolute Gasteiger partial charge is 0.481 e. The maximum Gasteiger partial charge on any atom is 0.274 e. The second kappa shape index (κ2) is 10.2. The summed E-state index contributed by atoms with van der Waals surface area (Å²) in [6.45, 7) is 3.29. The summed E-state index contributed by atoms with van der Waals surface area (Å²) in [4.78, 5) is 46.8. The van der Waals surface area contributed by atoms with Gasteiger partial charge in [-0.25, -0.2) is 9.37 Å². The highest BCUT2D eigenvalue weighted by Gasteiger charge is 2.55. The van der Waals surface area contributed by atoms with Gasteiger partial charge in [0.05, 0.1) is 19.0 Å². The average Bonchev–Trinajstić information content (AvgIpc) is 3.41. The molecule has 0 bridgehead atoms. The zero-order valence-corrected chi connectivity index (χ0v) is 23.2. The van der Waals surface area contributed by atoms with Crippen LogP contribution in [-0.4, -0.2) is 80.0 Å². The quantitative estimate of drug-likeness (QED) is 0.567. The second-order valence-corrected chi connectivity index (χ2v) is 11.9. The number of hydrogen-bond acceptors (Lipinski definition) is 6. The minimum absolute atomic E-state index is 0.0157. The predicted molar refractivity (Wildman–Crippen MR) is 144 cm³/mol. The minimum Gasteiger partial charge on any atom is -0.481 e. The molecule has 2 aromatic heterocycles. The summed E-state index contributed by atoms with van der Waals surface area (Å²) in [6.07, 6.45) is 9.28. The first kappa shape index (κ1) is 26.7. The molecule has 214 valence electrons. The van der Waals surface area contributed by atoms with Crippen LogP contribution in [0.4, 0.5) is 4.39 Å². The fraction of sp³-hybridized carbons (Fsp3) is 0.621. The first-order valence-corrected chi connectivity index (χ1v) is 14.5. The summed E-state index contributed by atoms with van der Waals surface area (Å²) in [5, 5.41) is 10.3. The molecular weight excluding hydrogens is 515 g/mol. The maximum atomic E-state index is 14.4. The molecular formula is C29H37FN6O4. The molecule has 2 aliphatic heterocycles. The normalized spacial score (nSPS) is 27.3. The number of ether oxygens (including phenoxy) is 1. The van der Waals surface area contributed by atoms with Crippen molar-refractivity contribution in [2.45, 2.75) is 88.3 Å². The van der Waals surface area contributed by atoms with Crippen molar-refractivity contribution in [3.8, 4) is 17.1 Å². The Bertz CT molecular complexity index is 1320. The SMILES string of the molecule is CCN1C(=O)CC[C@]12CC[C@H](NC(=O)[C@H]1CCN(C(=O)c3cc(-c4cc(OC)ncc4F)[nH]n3)C3(CC3)C1)CC2. The highest BCUT2D eigenvalue weighted by molar-refractivity contribution is 5.94. The van der Waals surface area contributed by atoms with Gasteiger partial charge in [0.25, 0.3) is 5.91 Å². The van der Waals surface area contributed by atoms with E-state index in [9.17, 15) is 18.8 Å². The van der Waals surface area contributed by atoms with E-state index in [4.69, 9.17) is 4.74 Å². The van der Waals surface area contributed by atoms with Gasteiger partial charge in [0.15, 0.2) is 11.5 Å². The number of hydrogen-bond donors (Lipinski definition) is 2. The summed E-state index contributed by atoms with van der Waals surface area (Å²) in [7, 11) is 1.45. The molecule has 11 heteroatoms. The number of nitrogens with one attached hydrogen (secondary N) is 2. The van der Waals surface area contributed by atoms with Crippen molar-refractivity contribution < 1.29 is 23.5 Å². The van der Waals surface area contributed by atoms with E-state index in [1.165, 1.54) is 13.2 Å². The van der Waals surface area contributed by atoms with Crippen molar-refractivity contribution in [1.82, 2.24) is 30.3 Å². The van der Waals surface area contributed by atoms with Crippen LogP contribution in [0.15, 0.2) is 18.3 Å². The van der Waals surface area contributed by atoms with Crippen molar-refractivity contribution in [3.63, 3.8) is 0 Å². The van der Waals surface area contributed by atoms with Crippen molar-refractivity contribution in [2.24, 2.45) is 5.92 Å². The molecule has 0 unspecified atom stereocenters. The van der Waals surface area contributed by atoms with Gasteiger partial charge in [0.2, 0.25) is 17.7 Å². The predicted octanol–water partition coefficient (Wildman–Crippen LogP) is 3.44. The number of amides is 3. The summed E-state index contributed by atoms with van der Waals surface area (Å²) in [5.41, 5.74) is 0.494. The molecule has 0 radical (unpaired) electrons. The van der Waals surface area contributed by atoms with Crippen molar-refractivity contribution in [1.29, 1.82) is 0 Å². The van der Waals surface area contributed by atoms with Crippen LogP contribution in [0.25, 0.3) is 11.3 Å². The Kier molecular flexibility index (Phi) is 6.78. The Balaban J connectivity index is 1.06. The molecule has 4 fully saturated rings. The van der Waals surface area contributed by atoms with Gasteiger partial charge in [-0.2, -0.15) is 5.10 Å². The van der Waals surface area contributed by atoms with Gasteiger partial charge < -0.3 is 19.9 Å². The van der Waals surface area contributed by atoms with Gasteiger partial charge >= 0.3 is 0 Å². The van der Waals surface area contributed by atoms with Crippen LogP contribution in [0, 0.1) is 11.7 Å². The number of piperidine rings is 1. The van der Waals surface area contributed by atoms with Crippen LogP contribution in [-0.2, 0) is 9.59 Å². The number of aromatic amines is 1. The minimum atomic E-state index is -0.540. The molecule has 4 heterocycles. The van der Waals surface area contributed by atoms with Gasteiger partial charge in [-0.1, -0.05) is 0 Å². The van der Waals surface area contributed by atoms with E-state index < -0.39 is 5.82 Å². The lowest BCUT2D eigenvalue weighted by Crippen LogP contribution is -2.54. The molecule has 2 saturated heterocycles. The van der Waals surface area contributed by atoms with Crippen LogP contribution in [0.3, 0.4) is 0 Å². The maximum absolute atomic E-state index is 14.4. The lowest BCUT2D eigenvalue weighted by atomic mass is 9.77. The highest BCUT2D eigenvalue weighted by Crippen LogP contribution is 2.51. The number of carbonyl (C=O) groups is 3. The molecule has 2 aliphatic carbocycles. The van der Waals surface area contributed by atoms with E-state index in [1.807, 2.05) is 11.8 Å². The Labute approximate surface area is 233 Å². The van der Waals surface area contributed by atoms with E-state index >= 15 is 0 Å². The Hall–Kier alpha value is -3.50. The molecule has 40 heavy (non-hydrogen) atoms. The van der Waals surface area contributed by atoms with Gasteiger partial charge in [-0.3, -0.25) is 19.5 Å². The molecule has 2 N–H and O–H groups in total. The molecule has 6 rings (SSSR count). The lowest BCUT2D eigenvalue weighted by Gasteiger charge is -2.44. The fourth-order valence-electron chi connectivity index (χ4n) is 7.32. The van der Waals surface area contributed by atoms with E-state index in [0.29, 0.717) is 31.5 Å². The number of halogens is 1. The topological polar surface area (TPSA) is 121 Å². The van der Waals surface area contributed by atoms with Gasteiger partial charge in [-0.05, 0) is 70.8 Å². The molecule has 4 aliphatic rings. The third kappa shape index (κ3) is 4.62. The van der Waals surface area contributed by atoms with Gasteiger partial charge in [-0.15, -0.1) is 0 Å². The van der Waals surface area contributed by atoms with E-state index in [-0.39, 0.29) is 57.9 Å². The number of carbonyl (C=O) groups excluding carboxylic acids is 3. The third-order valence-corrected chi connectivity index (χ3v) is 9.73. The average molecular weight is 553 g/mol. The number of rotatable bonds is 6. The number of likely N-dealkylation sites (tertiary alicyclic amines) is 2. The molecule has 1 atom stereocenters. The summed E-state index contributed by atoms with van der Waals surface area (Å²) >= 11 is 0. The first-order chi connectivity index (χ1) is 19.3. The number of H-pyrrole nitrogens is 1. The highest BCUT2D eigenvalue weighted by atomic mass is 19.1. The number of nitrogens with zero attached hydrogens (tertiary/aromatic N) is 4. The summed E-state index contributed by atoms with van der Waals surface area (Å²) in [6, 6.07) is 3.16. The van der Waals surface area contributed by atoms with Crippen LogP contribution in [0.5, 0.6) is 5.88 Å². The fourth-order valence-corrected chi connectivity index (χ4v) is 7.32. The van der Waals surface area contributed by atoms with Crippen LogP contribution >= 0.6 is 0 Å². The zero-order chi connectivity index (χ0) is 28.1. The Morgan fingerprint density at radius 2 is 1.93 bits per heavy atom. The van der Waals surface area contributed by atoms with Crippen molar-refractivity contribution in [3.05, 3.63) is 29.8 Å².